The maximum absolute atomic E-state index is 12.5. The van der Waals surface area contributed by atoms with Gasteiger partial charge >= 0.3 is 12.1 Å². The molecule has 0 unspecified atom stereocenters. The van der Waals surface area contributed by atoms with Crippen LogP contribution < -0.4 is 4.90 Å². The van der Waals surface area contributed by atoms with E-state index in [-0.39, 0.29) is 23.2 Å². The molecule has 1 fully saturated rings. The van der Waals surface area contributed by atoms with Crippen LogP contribution in [0.25, 0.3) is 11.4 Å². The van der Waals surface area contributed by atoms with Crippen molar-refractivity contribution in [3.63, 3.8) is 0 Å². The first-order valence-electron chi connectivity index (χ1n) is 7.13. The van der Waals surface area contributed by atoms with Gasteiger partial charge in [0, 0.05) is 18.4 Å². The first-order chi connectivity index (χ1) is 11.3. The third-order valence-corrected chi connectivity index (χ3v) is 3.51. The van der Waals surface area contributed by atoms with Crippen LogP contribution in [0.2, 0.25) is 0 Å². The Balaban J connectivity index is 1.85. The average Bonchev–Trinajstić information content (AvgIpc) is 3.23. The van der Waals surface area contributed by atoms with Gasteiger partial charge in [0.2, 0.25) is 17.6 Å². The van der Waals surface area contributed by atoms with Gasteiger partial charge in [0.05, 0.1) is 5.69 Å². The Labute approximate surface area is 134 Å². The van der Waals surface area contributed by atoms with Gasteiger partial charge in [-0.05, 0) is 37.1 Å². The molecule has 1 aromatic heterocycles. The minimum atomic E-state index is -4.71. The summed E-state index contributed by atoms with van der Waals surface area (Å²) in [5.74, 6) is -2.49. The van der Waals surface area contributed by atoms with Crippen LogP contribution in [0.5, 0.6) is 0 Å². The number of hydrogen-bond acceptors (Lipinski definition) is 5. The van der Waals surface area contributed by atoms with E-state index in [2.05, 4.69) is 14.7 Å². The van der Waals surface area contributed by atoms with E-state index in [0.29, 0.717) is 5.69 Å². The summed E-state index contributed by atoms with van der Waals surface area (Å²) >= 11 is 0. The Morgan fingerprint density at radius 1 is 1.21 bits per heavy atom. The molecule has 2 amide bonds. The van der Waals surface area contributed by atoms with Crippen molar-refractivity contribution in [1.82, 2.24) is 10.1 Å². The lowest BCUT2D eigenvalue weighted by Crippen LogP contribution is -2.36. The van der Waals surface area contributed by atoms with Gasteiger partial charge in [-0.2, -0.15) is 18.2 Å². The normalized spacial score (nSPS) is 14.5. The van der Waals surface area contributed by atoms with Gasteiger partial charge in [-0.1, -0.05) is 5.16 Å². The lowest BCUT2D eigenvalue weighted by Gasteiger charge is -2.19. The van der Waals surface area contributed by atoms with Gasteiger partial charge in [0.15, 0.2) is 0 Å². The van der Waals surface area contributed by atoms with Gasteiger partial charge in [-0.25, -0.2) is 0 Å². The van der Waals surface area contributed by atoms with Crippen molar-refractivity contribution in [2.45, 2.75) is 25.9 Å². The van der Waals surface area contributed by atoms with E-state index >= 15 is 0 Å². The van der Waals surface area contributed by atoms with Crippen LogP contribution in [0.3, 0.4) is 0 Å². The summed E-state index contributed by atoms with van der Waals surface area (Å²) in [4.78, 5) is 28.2. The van der Waals surface area contributed by atoms with E-state index in [9.17, 15) is 22.8 Å². The van der Waals surface area contributed by atoms with Crippen LogP contribution in [0.1, 0.15) is 25.7 Å². The number of aromatic nitrogens is 2. The molecule has 0 atom stereocenters. The highest BCUT2D eigenvalue weighted by Gasteiger charge is 2.38. The van der Waals surface area contributed by atoms with E-state index in [4.69, 9.17) is 0 Å². The van der Waals surface area contributed by atoms with Crippen molar-refractivity contribution in [3.8, 4) is 11.4 Å². The number of halogens is 3. The first kappa shape index (κ1) is 16.2. The molecule has 0 saturated heterocycles. The SMILES string of the molecule is CC(=O)N(C(=O)C1CC1)c1ccc(-c2noc(C(F)(F)F)n2)cc1. The highest BCUT2D eigenvalue weighted by Crippen LogP contribution is 2.34. The molecule has 1 saturated carbocycles. The Hall–Kier alpha value is -2.71. The molecule has 0 spiro atoms. The molecule has 2 aromatic rings. The summed E-state index contributed by atoms with van der Waals surface area (Å²) in [5, 5.41) is 3.28. The van der Waals surface area contributed by atoms with E-state index in [0.717, 1.165) is 17.7 Å². The lowest BCUT2D eigenvalue weighted by atomic mass is 10.1. The van der Waals surface area contributed by atoms with Crippen molar-refractivity contribution in [2.75, 3.05) is 4.90 Å². The number of amides is 2. The fraction of sp³-hybridized carbons (Fsp3) is 0.333. The molecule has 0 aliphatic heterocycles. The van der Waals surface area contributed by atoms with E-state index in [1.807, 2.05) is 0 Å². The Morgan fingerprint density at radius 2 is 1.83 bits per heavy atom. The molecule has 0 bridgehead atoms. The van der Waals surface area contributed by atoms with E-state index in [1.165, 1.54) is 31.2 Å². The van der Waals surface area contributed by atoms with E-state index in [1.54, 1.807) is 0 Å². The summed E-state index contributed by atoms with van der Waals surface area (Å²) in [7, 11) is 0. The number of benzene rings is 1. The summed E-state index contributed by atoms with van der Waals surface area (Å²) in [6.07, 6.45) is -3.21. The van der Waals surface area contributed by atoms with Crippen molar-refractivity contribution in [2.24, 2.45) is 5.92 Å². The topological polar surface area (TPSA) is 76.3 Å². The number of hydrogen-bond donors (Lipinski definition) is 0. The average molecular weight is 339 g/mol. The first-order valence-corrected chi connectivity index (χ1v) is 7.13. The Bertz CT molecular complexity index is 779. The quantitative estimate of drug-likeness (QED) is 0.859. The Kier molecular flexibility index (Phi) is 3.86. The molecule has 1 aliphatic rings. The zero-order chi connectivity index (χ0) is 17.5. The largest absolute Gasteiger partial charge is 0.471 e. The maximum atomic E-state index is 12.5. The number of anilines is 1. The zero-order valence-corrected chi connectivity index (χ0v) is 12.5. The van der Waals surface area contributed by atoms with Crippen LogP contribution in [-0.2, 0) is 15.8 Å². The molecular formula is C15H12F3N3O3. The highest BCUT2D eigenvalue weighted by atomic mass is 19.4. The van der Waals surface area contributed by atoms with Crippen LogP contribution in [0.15, 0.2) is 28.8 Å². The number of imide groups is 1. The molecule has 9 heteroatoms. The number of carbonyl (C=O) groups excluding carboxylic acids is 2. The van der Waals surface area contributed by atoms with Gasteiger partial charge in [0.25, 0.3) is 0 Å². The zero-order valence-electron chi connectivity index (χ0n) is 12.5. The summed E-state index contributed by atoms with van der Waals surface area (Å²) < 4.78 is 41.6. The van der Waals surface area contributed by atoms with Gasteiger partial charge < -0.3 is 4.52 Å². The van der Waals surface area contributed by atoms with Gasteiger partial charge in [-0.15, -0.1) is 0 Å². The second-order valence-corrected chi connectivity index (χ2v) is 5.43. The third kappa shape index (κ3) is 3.15. The lowest BCUT2D eigenvalue weighted by molar-refractivity contribution is -0.159. The third-order valence-electron chi connectivity index (χ3n) is 3.51. The molecule has 3 rings (SSSR count). The molecule has 0 N–H and O–H groups in total. The second kappa shape index (κ2) is 5.73. The predicted octanol–water partition coefficient (Wildman–Crippen LogP) is 3.04. The maximum Gasteiger partial charge on any atom is 0.471 e. The number of carbonyl (C=O) groups is 2. The second-order valence-electron chi connectivity index (χ2n) is 5.43. The van der Waals surface area contributed by atoms with E-state index < -0.39 is 18.0 Å². The predicted molar refractivity (Wildman–Crippen MR) is 75.6 cm³/mol. The van der Waals surface area contributed by atoms with Crippen molar-refractivity contribution >= 4 is 17.5 Å². The molecule has 126 valence electrons. The number of rotatable bonds is 3. The van der Waals surface area contributed by atoms with Crippen LogP contribution in [-0.4, -0.2) is 22.0 Å². The molecular weight excluding hydrogens is 327 g/mol. The van der Waals surface area contributed by atoms with Gasteiger partial charge in [0.1, 0.15) is 0 Å². The van der Waals surface area contributed by atoms with Gasteiger partial charge in [-0.3, -0.25) is 14.5 Å². The fourth-order valence-electron chi connectivity index (χ4n) is 2.19. The minimum absolute atomic E-state index is 0.139. The smallest absolute Gasteiger partial charge is 0.329 e. The van der Waals surface area contributed by atoms with Crippen LogP contribution in [0, 0.1) is 5.92 Å². The van der Waals surface area contributed by atoms with Crippen LogP contribution in [0.4, 0.5) is 18.9 Å². The fourth-order valence-corrected chi connectivity index (χ4v) is 2.19. The molecule has 1 heterocycles. The summed E-state index contributed by atoms with van der Waals surface area (Å²) in [5.41, 5.74) is 0.628. The van der Waals surface area contributed by atoms with Crippen molar-refractivity contribution in [1.29, 1.82) is 0 Å². The Morgan fingerprint density at radius 3 is 2.29 bits per heavy atom. The summed E-state index contributed by atoms with van der Waals surface area (Å²) in [6, 6.07) is 5.77. The monoisotopic (exact) mass is 339 g/mol. The number of nitrogens with zero attached hydrogens (tertiary/aromatic N) is 3. The van der Waals surface area contributed by atoms with Crippen molar-refractivity contribution < 1.29 is 27.3 Å². The van der Waals surface area contributed by atoms with Crippen molar-refractivity contribution in [3.05, 3.63) is 30.2 Å². The summed E-state index contributed by atoms with van der Waals surface area (Å²) in [6.45, 7) is 1.28. The molecule has 1 aromatic carbocycles. The molecule has 6 nitrogen and oxygen atoms in total. The van der Waals surface area contributed by atoms with Crippen LogP contribution >= 0.6 is 0 Å². The highest BCUT2D eigenvalue weighted by molar-refractivity contribution is 6.15. The number of alkyl halides is 3. The molecule has 24 heavy (non-hydrogen) atoms. The molecule has 1 aliphatic carbocycles. The minimum Gasteiger partial charge on any atom is -0.329 e. The standard InChI is InChI=1S/C15H12F3N3O3/c1-8(22)21(13(23)10-2-3-10)11-6-4-9(5-7-11)12-19-14(24-20-12)15(16,17)18/h4-7,10H,2-3H2,1H3. The molecule has 0 radical (unpaired) electrons.